The van der Waals surface area contributed by atoms with Gasteiger partial charge in [-0.25, -0.2) is 9.67 Å². The molecular weight excluding hydrogens is 340 g/mol. The first-order chi connectivity index (χ1) is 13.1. The van der Waals surface area contributed by atoms with Crippen molar-refractivity contribution in [2.45, 2.75) is 38.9 Å². The van der Waals surface area contributed by atoms with Gasteiger partial charge >= 0.3 is 0 Å². The van der Waals surface area contributed by atoms with E-state index in [1.807, 2.05) is 55.2 Å². The van der Waals surface area contributed by atoms with Crippen LogP contribution in [0.4, 0.5) is 5.82 Å². The molecule has 0 spiro atoms. The lowest BCUT2D eigenvalue weighted by Crippen LogP contribution is -2.39. The maximum Gasteiger partial charge on any atom is 0.130 e. The number of hydrogen-bond acceptors (Lipinski definition) is 5. The maximum atomic E-state index is 5.85. The molecule has 6 heteroatoms. The highest BCUT2D eigenvalue weighted by molar-refractivity contribution is 5.81. The Morgan fingerprint density at radius 2 is 2.07 bits per heavy atom. The monoisotopic (exact) mass is 366 g/mol. The summed E-state index contributed by atoms with van der Waals surface area (Å²) < 4.78 is 13.3. The second-order valence-electron chi connectivity index (χ2n) is 7.26. The standard InChI is InChI=1S/C21H26N4O2/c1-15(2)27-18-7-6-16-13-23-25(20(16)12-18)17-8-9-22-21(11-17)24-10-4-5-19(14-24)26-3/h6-9,11-13,15,19H,4-5,10,14H2,1-3H3. The van der Waals surface area contributed by atoms with Crippen LogP contribution >= 0.6 is 0 Å². The molecule has 6 nitrogen and oxygen atoms in total. The summed E-state index contributed by atoms with van der Waals surface area (Å²) in [6, 6.07) is 10.2. The zero-order valence-corrected chi connectivity index (χ0v) is 16.1. The first-order valence-corrected chi connectivity index (χ1v) is 9.52. The number of nitrogens with zero attached hydrogens (tertiary/aromatic N) is 4. The van der Waals surface area contributed by atoms with Gasteiger partial charge in [0.2, 0.25) is 0 Å². The van der Waals surface area contributed by atoms with Gasteiger partial charge in [-0.05, 0) is 44.9 Å². The summed E-state index contributed by atoms with van der Waals surface area (Å²) in [5.74, 6) is 1.82. The lowest BCUT2D eigenvalue weighted by Gasteiger charge is -2.32. The molecule has 2 aromatic heterocycles. The number of ether oxygens (including phenoxy) is 2. The summed E-state index contributed by atoms with van der Waals surface area (Å²) in [5.41, 5.74) is 2.02. The Morgan fingerprint density at radius 1 is 1.19 bits per heavy atom. The molecule has 1 aromatic carbocycles. The van der Waals surface area contributed by atoms with Crippen molar-refractivity contribution in [1.29, 1.82) is 0 Å². The van der Waals surface area contributed by atoms with E-state index in [2.05, 4.69) is 21.0 Å². The predicted molar refractivity (Wildman–Crippen MR) is 107 cm³/mol. The summed E-state index contributed by atoms with van der Waals surface area (Å²) in [6.45, 7) is 5.94. The number of hydrogen-bond donors (Lipinski definition) is 0. The van der Waals surface area contributed by atoms with Gasteiger partial charge in [0, 0.05) is 43.9 Å². The maximum absolute atomic E-state index is 5.85. The summed E-state index contributed by atoms with van der Waals surface area (Å²) in [7, 11) is 1.78. The Kier molecular flexibility index (Phi) is 4.99. The van der Waals surface area contributed by atoms with E-state index in [-0.39, 0.29) is 12.2 Å². The van der Waals surface area contributed by atoms with Crippen LogP contribution in [-0.2, 0) is 4.74 Å². The number of benzene rings is 1. The van der Waals surface area contributed by atoms with Crippen LogP contribution < -0.4 is 9.64 Å². The van der Waals surface area contributed by atoms with E-state index >= 15 is 0 Å². The summed E-state index contributed by atoms with van der Waals surface area (Å²) in [5, 5.41) is 5.68. The van der Waals surface area contributed by atoms with Crippen molar-refractivity contribution in [3.8, 4) is 11.4 Å². The van der Waals surface area contributed by atoms with E-state index in [9.17, 15) is 0 Å². The molecular formula is C21H26N4O2. The van der Waals surface area contributed by atoms with Gasteiger partial charge in [-0.1, -0.05) is 0 Å². The third-order valence-electron chi connectivity index (χ3n) is 4.92. The third-order valence-corrected chi connectivity index (χ3v) is 4.92. The smallest absolute Gasteiger partial charge is 0.130 e. The minimum Gasteiger partial charge on any atom is -0.491 e. The molecule has 1 saturated heterocycles. The molecule has 27 heavy (non-hydrogen) atoms. The first kappa shape index (κ1) is 17.8. The zero-order chi connectivity index (χ0) is 18.8. The molecule has 1 atom stereocenters. The Labute approximate surface area is 159 Å². The van der Waals surface area contributed by atoms with Gasteiger partial charge in [-0.2, -0.15) is 5.10 Å². The SMILES string of the molecule is COC1CCCN(c2cc(-n3ncc4ccc(OC(C)C)cc43)ccn2)C1. The van der Waals surface area contributed by atoms with Crippen LogP contribution in [-0.4, -0.2) is 47.2 Å². The van der Waals surface area contributed by atoms with Gasteiger partial charge in [0.05, 0.1) is 29.6 Å². The second kappa shape index (κ2) is 7.56. The van der Waals surface area contributed by atoms with Gasteiger partial charge < -0.3 is 14.4 Å². The van der Waals surface area contributed by atoms with Gasteiger partial charge in [0.1, 0.15) is 11.6 Å². The molecule has 0 radical (unpaired) electrons. The highest BCUT2D eigenvalue weighted by Crippen LogP contribution is 2.26. The molecule has 1 fully saturated rings. The van der Waals surface area contributed by atoms with E-state index in [0.717, 1.165) is 54.1 Å². The fourth-order valence-electron chi connectivity index (χ4n) is 3.60. The van der Waals surface area contributed by atoms with E-state index < -0.39 is 0 Å². The number of rotatable bonds is 5. The van der Waals surface area contributed by atoms with Crippen LogP contribution in [0.3, 0.4) is 0 Å². The molecule has 0 amide bonds. The number of methoxy groups -OCH3 is 1. The lowest BCUT2D eigenvalue weighted by atomic mass is 10.1. The molecule has 0 aliphatic carbocycles. The van der Waals surface area contributed by atoms with Crippen molar-refractivity contribution in [3.05, 3.63) is 42.7 Å². The summed E-state index contributed by atoms with van der Waals surface area (Å²) >= 11 is 0. The van der Waals surface area contributed by atoms with Gasteiger partial charge in [0.15, 0.2) is 0 Å². The fraction of sp³-hybridized carbons (Fsp3) is 0.429. The number of pyridine rings is 1. The van der Waals surface area contributed by atoms with Crippen LogP contribution in [0.5, 0.6) is 5.75 Å². The highest BCUT2D eigenvalue weighted by atomic mass is 16.5. The molecule has 3 aromatic rings. The summed E-state index contributed by atoms with van der Waals surface area (Å²) in [6.07, 6.45) is 6.37. The average Bonchev–Trinajstić information content (AvgIpc) is 3.11. The highest BCUT2D eigenvalue weighted by Gasteiger charge is 2.21. The van der Waals surface area contributed by atoms with Crippen LogP contribution in [0.2, 0.25) is 0 Å². The van der Waals surface area contributed by atoms with E-state index in [1.54, 1.807) is 7.11 Å². The van der Waals surface area contributed by atoms with Crippen molar-refractivity contribution in [2.75, 3.05) is 25.1 Å². The van der Waals surface area contributed by atoms with Gasteiger partial charge in [0.25, 0.3) is 0 Å². The third kappa shape index (κ3) is 3.76. The molecule has 0 saturated carbocycles. The lowest BCUT2D eigenvalue weighted by molar-refractivity contribution is 0.0891. The van der Waals surface area contributed by atoms with Crippen molar-refractivity contribution in [1.82, 2.24) is 14.8 Å². The quantitative estimate of drug-likeness (QED) is 0.687. The van der Waals surface area contributed by atoms with Crippen molar-refractivity contribution in [2.24, 2.45) is 0 Å². The molecule has 0 bridgehead atoms. The Bertz CT molecular complexity index is 921. The minimum atomic E-state index is 0.138. The number of fused-ring (bicyclic) bond motifs is 1. The normalized spacial score (nSPS) is 17.6. The van der Waals surface area contributed by atoms with E-state index in [4.69, 9.17) is 9.47 Å². The molecule has 1 unspecified atom stereocenters. The number of aromatic nitrogens is 3. The molecule has 0 N–H and O–H groups in total. The molecule has 1 aliphatic rings. The van der Waals surface area contributed by atoms with Crippen LogP contribution in [0, 0.1) is 0 Å². The van der Waals surface area contributed by atoms with Gasteiger partial charge in [-0.15, -0.1) is 0 Å². The number of piperidine rings is 1. The molecule has 4 rings (SSSR count). The molecule has 1 aliphatic heterocycles. The van der Waals surface area contributed by atoms with Crippen LogP contribution in [0.15, 0.2) is 42.7 Å². The predicted octanol–water partition coefficient (Wildman–Crippen LogP) is 3.82. The van der Waals surface area contributed by atoms with Crippen molar-refractivity contribution < 1.29 is 9.47 Å². The largest absolute Gasteiger partial charge is 0.491 e. The van der Waals surface area contributed by atoms with Crippen LogP contribution in [0.1, 0.15) is 26.7 Å². The molecule has 142 valence electrons. The van der Waals surface area contributed by atoms with E-state index in [1.165, 1.54) is 0 Å². The second-order valence-corrected chi connectivity index (χ2v) is 7.26. The summed E-state index contributed by atoms with van der Waals surface area (Å²) in [4.78, 5) is 6.88. The fourth-order valence-corrected chi connectivity index (χ4v) is 3.60. The molecule has 3 heterocycles. The van der Waals surface area contributed by atoms with E-state index in [0.29, 0.717) is 0 Å². The first-order valence-electron chi connectivity index (χ1n) is 9.52. The topological polar surface area (TPSA) is 52.4 Å². The zero-order valence-electron chi connectivity index (χ0n) is 16.1. The van der Waals surface area contributed by atoms with Crippen molar-refractivity contribution in [3.63, 3.8) is 0 Å². The Hall–Kier alpha value is -2.60. The Balaban J connectivity index is 1.67. The minimum absolute atomic E-state index is 0.138. The van der Waals surface area contributed by atoms with Crippen LogP contribution in [0.25, 0.3) is 16.6 Å². The van der Waals surface area contributed by atoms with Crippen molar-refractivity contribution >= 4 is 16.7 Å². The Morgan fingerprint density at radius 3 is 2.89 bits per heavy atom. The van der Waals surface area contributed by atoms with Gasteiger partial charge in [-0.3, -0.25) is 0 Å². The number of anilines is 1. The average molecular weight is 366 g/mol.